The summed E-state index contributed by atoms with van der Waals surface area (Å²) in [6, 6.07) is 13.4. The van der Waals surface area contributed by atoms with Crippen molar-refractivity contribution in [3.63, 3.8) is 0 Å². The van der Waals surface area contributed by atoms with E-state index < -0.39 is 9.84 Å². The molecule has 228 valence electrons. The number of carbonyl (C=O) groups is 1. The molecule has 0 aliphatic heterocycles. The molecule has 5 rings (SSSR count). The molecule has 44 heavy (non-hydrogen) atoms. The van der Waals surface area contributed by atoms with Gasteiger partial charge in [-0.05, 0) is 31.7 Å². The van der Waals surface area contributed by atoms with Gasteiger partial charge in [-0.15, -0.1) is 0 Å². The lowest BCUT2D eigenvalue weighted by molar-refractivity contribution is 0.0662. The van der Waals surface area contributed by atoms with Crippen molar-refractivity contribution in [1.29, 1.82) is 0 Å². The van der Waals surface area contributed by atoms with E-state index in [1.54, 1.807) is 17.3 Å². The first-order valence-electron chi connectivity index (χ1n) is 14.4. The number of nitrogen functional groups attached to an aromatic ring is 2. The molecule has 0 unspecified atom stereocenters. The SMILES string of the molecule is CCCN(C(=O)c1cncnc1N)[C@H](CC)CCc1nc2c(-c3ccc(-c4ccccc4)nc3)cnn2c(N)c1S(C)(=O)=O. The maximum atomic E-state index is 13.5. The average Bonchev–Trinajstić information content (AvgIpc) is 3.45. The number of aromatic nitrogens is 6. The van der Waals surface area contributed by atoms with Gasteiger partial charge in [-0.25, -0.2) is 23.4 Å². The maximum absolute atomic E-state index is 13.5. The van der Waals surface area contributed by atoms with Crippen LogP contribution in [0.3, 0.4) is 0 Å². The molecule has 5 aromatic rings. The van der Waals surface area contributed by atoms with E-state index in [4.69, 9.17) is 16.5 Å². The summed E-state index contributed by atoms with van der Waals surface area (Å²) in [5.74, 6) is -0.177. The van der Waals surface area contributed by atoms with E-state index in [0.717, 1.165) is 29.5 Å². The van der Waals surface area contributed by atoms with E-state index in [0.29, 0.717) is 36.3 Å². The van der Waals surface area contributed by atoms with Crippen LogP contribution in [0.4, 0.5) is 11.6 Å². The zero-order valence-corrected chi connectivity index (χ0v) is 25.7. The van der Waals surface area contributed by atoms with Crippen molar-refractivity contribution in [1.82, 2.24) is 34.4 Å². The number of anilines is 2. The number of amides is 1. The molecule has 0 bridgehead atoms. The minimum Gasteiger partial charge on any atom is -0.383 e. The molecule has 0 fully saturated rings. The highest BCUT2D eigenvalue weighted by molar-refractivity contribution is 7.91. The molecule has 0 spiro atoms. The highest BCUT2D eigenvalue weighted by atomic mass is 32.2. The van der Waals surface area contributed by atoms with E-state index in [-0.39, 0.29) is 40.5 Å². The fourth-order valence-electron chi connectivity index (χ4n) is 5.39. The van der Waals surface area contributed by atoms with E-state index >= 15 is 0 Å². The molecule has 1 aromatic carbocycles. The summed E-state index contributed by atoms with van der Waals surface area (Å²) >= 11 is 0. The molecule has 0 saturated heterocycles. The third kappa shape index (κ3) is 6.09. The molecule has 4 heterocycles. The normalized spacial score (nSPS) is 12.3. The number of sulfone groups is 1. The number of nitrogens with two attached hydrogens (primary N) is 2. The van der Waals surface area contributed by atoms with Gasteiger partial charge >= 0.3 is 0 Å². The third-order valence-corrected chi connectivity index (χ3v) is 8.73. The smallest absolute Gasteiger partial charge is 0.259 e. The van der Waals surface area contributed by atoms with Crippen molar-refractivity contribution in [3.05, 3.63) is 78.6 Å². The van der Waals surface area contributed by atoms with Gasteiger partial charge in [0.05, 0.1) is 17.6 Å². The Labute approximate surface area is 256 Å². The van der Waals surface area contributed by atoms with Gasteiger partial charge in [0.2, 0.25) is 0 Å². The van der Waals surface area contributed by atoms with Crippen LogP contribution in [0.1, 0.15) is 49.2 Å². The Morgan fingerprint density at radius 3 is 2.41 bits per heavy atom. The fourth-order valence-corrected chi connectivity index (χ4v) is 6.43. The Morgan fingerprint density at radius 2 is 1.77 bits per heavy atom. The van der Waals surface area contributed by atoms with Crippen LogP contribution in [0.5, 0.6) is 0 Å². The molecule has 1 atom stereocenters. The highest BCUT2D eigenvalue weighted by Crippen LogP contribution is 2.31. The lowest BCUT2D eigenvalue weighted by Gasteiger charge is -2.31. The number of aryl methyl sites for hydroxylation is 1. The molecule has 0 saturated carbocycles. The number of fused-ring (bicyclic) bond motifs is 1. The molecule has 0 radical (unpaired) electrons. The summed E-state index contributed by atoms with van der Waals surface area (Å²) in [6.07, 6.45) is 9.21. The van der Waals surface area contributed by atoms with Crippen molar-refractivity contribution in [2.24, 2.45) is 0 Å². The average molecular weight is 614 g/mol. The number of carbonyl (C=O) groups excluding carboxylic acids is 1. The molecule has 0 aliphatic rings. The first-order valence-corrected chi connectivity index (χ1v) is 16.3. The standard InChI is InChI=1S/C31H35N9O3S/c1-4-15-39(31(41)24-17-34-19-36-28(24)32)22(5-2)12-14-26-27(44(3,42)43)29(33)40-30(38-26)23(18-37-40)21-11-13-25(35-16-21)20-9-7-6-8-10-20/h6-11,13,16-19,22H,4-5,12,14-15,33H2,1-3H3,(H2,32,34,36)/t22-/m1/s1. The van der Waals surface area contributed by atoms with Crippen molar-refractivity contribution in [3.8, 4) is 22.4 Å². The van der Waals surface area contributed by atoms with Crippen molar-refractivity contribution in [2.45, 2.75) is 50.5 Å². The summed E-state index contributed by atoms with van der Waals surface area (Å²) in [7, 11) is -3.77. The fraction of sp³-hybridized carbons (Fsp3) is 0.290. The molecule has 0 aliphatic carbocycles. The summed E-state index contributed by atoms with van der Waals surface area (Å²) in [4.78, 5) is 32.6. The molecule has 4 N–H and O–H groups in total. The first kappa shape index (κ1) is 30.5. The van der Waals surface area contributed by atoms with Gasteiger partial charge in [0.25, 0.3) is 5.91 Å². The number of nitrogens with zero attached hydrogens (tertiary/aromatic N) is 7. The molecule has 4 aromatic heterocycles. The van der Waals surface area contributed by atoms with Gasteiger partial charge in [0.1, 0.15) is 28.4 Å². The summed E-state index contributed by atoms with van der Waals surface area (Å²) in [5.41, 5.74) is 16.7. The second-order valence-corrected chi connectivity index (χ2v) is 12.5. The summed E-state index contributed by atoms with van der Waals surface area (Å²) in [5, 5.41) is 4.38. The second kappa shape index (κ2) is 12.8. The Morgan fingerprint density at radius 1 is 1.00 bits per heavy atom. The van der Waals surface area contributed by atoms with Crippen LogP contribution in [0, 0.1) is 0 Å². The molecule has 12 nitrogen and oxygen atoms in total. The molecular formula is C31H35N9O3S. The Hall–Kier alpha value is -4.91. The van der Waals surface area contributed by atoms with Gasteiger partial charge in [0.15, 0.2) is 15.5 Å². The van der Waals surface area contributed by atoms with E-state index in [9.17, 15) is 13.2 Å². The highest BCUT2D eigenvalue weighted by Gasteiger charge is 2.28. The quantitative estimate of drug-likeness (QED) is 0.221. The Bertz CT molecular complexity index is 1890. The lowest BCUT2D eigenvalue weighted by Crippen LogP contribution is -2.41. The predicted octanol–water partition coefficient (Wildman–Crippen LogP) is 4.08. The van der Waals surface area contributed by atoms with Gasteiger partial charge in [0, 0.05) is 47.9 Å². The van der Waals surface area contributed by atoms with Crippen LogP contribution in [0.25, 0.3) is 28.0 Å². The van der Waals surface area contributed by atoms with Crippen LogP contribution >= 0.6 is 0 Å². The minimum absolute atomic E-state index is 0.0173. The van der Waals surface area contributed by atoms with Crippen LogP contribution in [0.2, 0.25) is 0 Å². The zero-order chi connectivity index (χ0) is 31.4. The van der Waals surface area contributed by atoms with E-state index in [1.807, 2.05) is 56.3 Å². The number of pyridine rings is 1. The second-order valence-electron chi connectivity index (χ2n) is 10.6. The van der Waals surface area contributed by atoms with Crippen molar-refractivity contribution in [2.75, 3.05) is 24.3 Å². The zero-order valence-electron chi connectivity index (χ0n) is 24.9. The largest absolute Gasteiger partial charge is 0.383 e. The van der Waals surface area contributed by atoms with Gasteiger partial charge in [-0.3, -0.25) is 9.78 Å². The Kier molecular flexibility index (Phi) is 8.86. The van der Waals surface area contributed by atoms with Crippen LogP contribution in [-0.4, -0.2) is 67.6 Å². The van der Waals surface area contributed by atoms with E-state index in [1.165, 1.54) is 17.0 Å². The summed E-state index contributed by atoms with van der Waals surface area (Å²) < 4.78 is 27.3. The number of hydrogen-bond donors (Lipinski definition) is 2. The van der Waals surface area contributed by atoms with Gasteiger partial charge in [-0.2, -0.15) is 9.61 Å². The molecular weight excluding hydrogens is 578 g/mol. The molecule has 13 heteroatoms. The predicted molar refractivity (Wildman–Crippen MR) is 169 cm³/mol. The number of benzene rings is 1. The first-order chi connectivity index (χ1) is 21.1. The number of hydrogen-bond acceptors (Lipinski definition) is 10. The number of rotatable bonds is 11. The molecule has 1 amide bonds. The Balaban J connectivity index is 1.51. The lowest BCUT2D eigenvalue weighted by atomic mass is 10.0. The monoisotopic (exact) mass is 613 g/mol. The van der Waals surface area contributed by atoms with Crippen molar-refractivity contribution >= 4 is 33.0 Å². The third-order valence-electron chi connectivity index (χ3n) is 7.55. The van der Waals surface area contributed by atoms with Gasteiger partial charge in [-0.1, -0.05) is 50.2 Å². The van der Waals surface area contributed by atoms with E-state index in [2.05, 4.69) is 20.1 Å². The summed E-state index contributed by atoms with van der Waals surface area (Å²) in [6.45, 7) is 4.45. The topological polar surface area (TPSA) is 175 Å². The van der Waals surface area contributed by atoms with Gasteiger partial charge < -0.3 is 16.4 Å². The van der Waals surface area contributed by atoms with Crippen LogP contribution < -0.4 is 11.5 Å². The van der Waals surface area contributed by atoms with Crippen LogP contribution in [-0.2, 0) is 16.3 Å². The van der Waals surface area contributed by atoms with Crippen molar-refractivity contribution < 1.29 is 13.2 Å². The van der Waals surface area contributed by atoms with Crippen LogP contribution in [0.15, 0.2) is 72.3 Å². The minimum atomic E-state index is -3.77. The maximum Gasteiger partial charge on any atom is 0.259 e.